The van der Waals surface area contributed by atoms with E-state index in [9.17, 15) is 9.90 Å². The highest BCUT2D eigenvalue weighted by atomic mass is 16.6. The number of nitrogens with zero attached hydrogens (tertiary/aromatic N) is 2. The molecular weight excluding hydrogens is 306 g/mol. The van der Waals surface area contributed by atoms with E-state index >= 15 is 0 Å². The van der Waals surface area contributed by atoms with Crippen LogP contribution >= 0.6 is 0 Å². The summed E-state index contributed by atoms with van der Waals surface area (Å²) in [6.07, 6.45) is 3.20. The Hall–Kier alpha value is -2.50. The molecular formula is C18H23N3O3. The summed E-state index contributed by atoms with van der Waals surface area (Å²) in [5.41, 5.74) is 1.16. The second-order valence-corrected chi connectivity index (χ2v) is 7.06. The van der Waals surface area contributed by atoms with E-state index in [0.717, 1.165) is 29.9 Å². The molecule has 0 saturated carbocycles. The summed E-state index contributed by atoms with van der Waals surface area (Å²) in [5.74, 6) is 0.955. The maximum atomic E-state index is 12.4. The first-order valence-electron chi connectivity index (χ1n) is 8.17. The van der Waals surface area contributed by atoms with E-state index in [1.807, 2.05) is 26.8 Å². The van der Waals surface area contributed by atoms with E-state index in [1.54, 1.807) is 29.3 Å². The molecule has 24 heavy (non-hydrogen) atoms. The molecule has 1 amide bonds. The van der Waals surface area contributed by atoms with Crippen molar-refractivity contribution < 1.29 is 14.6 Å². The molecule has 0 radical (unpaired) electrons. The number of nitrogens with one attached hydrogen (secondary N) is 1. The first-order valence-corrected chi connectivity index (χ1v) is 8.17. The van der Waals surface area contributed by atoms with E-state index in [2.05, 4.69) is 9.97 Å². The van der Waals surface area contributed by atoms with Crippen LogP contribution in [0.4, 0.5) is 4.79 Å². The van der Waals surface area contributed by atoms with Gasteiger partial charge in [-0.3, -0.25) is 4.90 Å². The summed E-state index contributed by atoms with van der Waals surface area (Å²) in [6, 6.07) is 6.89. The van der Waals surface area contributed by atoms with Crippen molar-refractivity contribution >= 4 is 6.09 Å². The van der Waals surface area contributed by atoms with Gasteiger partial charge in [0, 0.05) is 12.1 Å². The third kappa shape index (κ3) is 3.53. The highest BCUT2D eigenvalue weighted by Crippen LogP contribution is 2.33. The average Bonchev–Trinajstić information content (AvgIpc) is 3.14. The fraction of sp³-hybridized carbons (Fsp3) is 0.444. The lowest BCUT2D eigenvalue weighted by Gasteiger charge is -2.27. The van der Waals surface area contributed by atoms with Crippen molar-refractivity contribution in [2.45, 2.75) is 45.3 Å². The predicted molar refractivity (Wildman–Crippen MR) is 90.6 cm³/mol. The first-order chi connectivity index (χ1) is 11.3. The maximum Gasteiger partial charge on any atom is 0.410 e. The number of phenolic OH excluding ortho intramolecular Hbond substituents is 1. The molecule has 1 aromatic heterocycles. The van der Waals surface area contributed by atoms with Crippen molar-refractivity contribution in [2.24, 2.45) is 0 Å². The highest BCUT2D eigenvalue weighted by Gasteiger charge is 2.34. The first kappa shape index (κ1) is 16.4. The molecule has 0 bridgehead atoms. The molecule has 2 aromatic rings. The van der Waals surface area contributed by atoms with Gasteiger partial charge in [-0.05, 0) is 45.7 Å². The van der Waals surface area contributed by atoms with Crippen LogP contribution in [0, 0.1) is 0 Å². The molecule has 1 aliphatic heterocycles. The molecule has 0 aliphatic carbocycles. The molecule has 2 N–H and O–H groups in total. The number of ether oxygens (including phenoxy) is 1. The van der Waals surface area contributed by atoms with Gasteiger partial charge in [-0.2, -0.15) is 0 Å². The molecule has 1 saturated heterocycles. The quantitative estimate of drug-likeness (QED) is 0.877. The molecule has 1 aliphatic rings. The topological polar surface area (TPSA) is 78.4 Å². The van der Waals surface area contributed by atoms with Crippen molar-refractivity contribution in [1.29, 1.82) is 0 Å². The highest BCUT2D eigenvalue weighted by molar-refractivity contribution is 5.69. The Kier molecular flexibility index (Phi) is 4.22. The maximum absolute atomic E-state index is 12.4. The average molecular weight is 329 g/mol. The number of H-pyrrole nitrogens is 1. The largest absolute Gasteiger partial charge is 0.508 e. The van der Waals surface area contributed by atoms with E-state index < -0.39 is 5.60 Å². The minimum Gasteiger partial charge on any atom is -0.508 e. The van der Waals surface area contributed by atoms with E-state index in [-0.39, 0.29) is 17.9 Å². The summed E-state index contributed by atoms with van der Waals surface area (Å²) in [6.45, 7) is 6.26. The lowest BCUT2D eigenvalue weighted by Crippen LogP contribution is -2.36. The number of aromatic nitrogens is 2. The second-order valence-electron chi connectivity index (χ2n) is 7.06. The number of aromatic hydroxyl groups is 1. The SMILES string of the molecule is CC(C)(C)OC(=O)N1CCC[C@H]1c1ncc(-c2cccc(O)c2)[nH]1. The normalized spacial score (nSPS) is 18.0. The molecule has 0 spiro atoms. The minimum atomic E-state index is -0.514. The number of likely N-dealkylation sites (tertiary alicyclic amines) is 1. The Balaban J connectivity index is 1.80. The van der Waals surface area contributed by atoms with Crippen LogP contribution in [-0.4, -0.2) is 38.2 Å². The number of imidazole rings is 1. The van der Waals surface area contributed by atoms with Crippen LogP contribution in [0.3, 0.4) is 0 Å². The van der Waals surface area contributed by atoms with Gasteiger partial charge in [-0.25, -0.2) is 9.78 Å². The van der Waals surface area contributed by atoms with Crippen LogP contribution in [0.25, 0.3) is 11.3 Å². The van der Waals surface area contributed by atoms with Gasteiger partial charge in [-0.1, -0.05) is 12.1 Å². The fourth-order valence-corrected chi connectivity index (χ4v) is 2.92. The van der Waals surface area contributed by atoms with Crippen molar-refractivity contribution in [3.63, 3.8) is 0 Å². The van der Waals surface area contributed by atoms with Gasteiger partial charge in [0.05, 0.1) is 17.9 Å². The van der Waals surface area contributed by atoms with E-state index in [0.29, 0.717) is 6.54 Å². The van der Waals surface area contributed by atoms with E-state index in [4.69, 9.17) is 4.74 Å². The Labute approximate surface area is 141 Å². The zero-order valence-corrected chi connectivity index (χ0v) is 14.2. The monoisotopic (exact) mass is 329 g/mol. The zero-order valence-electron chi connectivity index (χ0n) is 14.2. The van der Waals surface area contributed by atoms with E-state index in [1.165, 1.54) is 0 Å². The molecule has 0 unspecified atom stereocenters. The number of carbonyl (C=O) groups is 1. The van der Waals surface area contributed by atoms with Crippen LogP contribution in [0.15, 0.2) is 30.5 Å². The molecule has 6 heteroatoms. The van der Waals surface area contributed by atoms with Gasteiger partial charge in [0.15, 0.2) is 0 Å². The van der Waals surface area contributed by atoms with Crippen LogP contribution in [0.5, 0.6) is 5.75 Å². The van der Waals surface area contributed by atoms with Gasteiger partial charge in [0.2, 0.25) is 0 Å². The standard InChI is InChI=1S/C18H23N3O3/c1-18(2,3)24-17(23)21-9-5-8-15(21)16-19-11-14(20-16)12-6-4-7-13(22)10-12/h4,6-7,10-11,15,22H,5,8-9H2,1-3H3,(H,19,20)/t15-/m0/s1. The van der Waals surface area contributed by atoms with Gasteiger partial charge in [0.1, 0.15) is 17.2 Å². The fourth-order valence-electron chi connectivity index (χ4n) is 2.92. The summed E-state index contributed by atoms with van der Waals surface area (Å²) < 4.78 is 5.49. The molecule has 3 rings (SSSR count). The minimum absolute atomic E-state index is 0.106. The Morgan fingerprint density at radius 1 is 1.42 bits per heavy atom. The third-order valence-corrected chi connectivity index (χ3v) is 3.95. The number of aromatic amines is 1. The van der Waals surface area contributed by atoms with Crippen molar-refractivity contribution in [3.8, 4) is 17.0 Å². The number of phenols is 1. The predicted octanol–water partition coefficient (Wildman–Crippen LogP) is 3.85. The number of amides is 1. The molecule has 6 nitrogen and oxygen atoms in total. The van der Waals surface area contributed by atoms with Gasteiger partial charge in [0.25, 0.3) is 0 Å². The van der Waals surface area contributed by atoms with Gasteiger partial charge < -0.3 is 14.8 Å². The second kappa shape index (κ2) is 6.19. The summed E-state index contributed by atoms with van der Waals surface area (Å²) >= 11 is 0. The zero-order chi connectivity index (χ0) is 17.3. The Bertz CT molecular complexity index is 733. The van der Waals surface area contributed by atoms with Gasteiger partial charge >= 0.3 is 6.09 Å². The van der Waals surface area contributed by atoms with Crippen LogP contribution in [-0.2, 0) is 4.74 Å². The van der Waals surface area contributed by atoms with Crippen LogP contribution < -0.4 is 0 Å². The summed E-state index contributed by atoms with van der Waals surface area (Å²) in [5, 5.41) is 9.61. The lowest BCUT2D eigenvalue weighted by molar-refractivity contribution is 0.0219. The lowest BCUT2D eigenvalue weighted by atomic mass is 10.1. The summed E-state index contributed by atoms with van der Waals surface area (Å²) in [7, 11) is 0. The molecule has 2 heterocycles. The molecule has 128 valence electrons. The third-order valence-electron chi connectivity index (χ3n) is 3.95. The van der Waals surface area contributed by atoms with Crippen molar-refractivity contribution in [3.05, 3.63) is 36.3 Å². The number of hydrogen-bond acceptors (Lipinski definition) is 4. The van der Waals surface area contributed by atoms with Crippen LogP contribution in [0.2, 0.25) is 0 Å². The Morgan fingerprint density at radius 3 is 2.92 bits per heavy atom. The van der Waals surface area contributed by atoms with Crippen LogP contribution in [0.1, 0.15) is 45.5 Å². The smallest absolute Gasteiger partial charge is 0.410 e. The number of carbonyl (C=O) groups excluding carboxylic acids is 1. The van der Waals surface area contributed by atoms with Crippen molar-refractivity contribution in [2.75, 3.05) is 6.54 Å². The van der Waals surface area contributed by atoms with Gasteiger partial charge in [-0.15, -0.1) is 0 Å². The number of rotatable bonds is 2. The number of hydrogen-bond donors (Lipinski definition) is 2. The molecule has 1 aromatic carbocycles. The van der Waals surface area contributed by atoms with Crippen molar-refractivity contribution in [1.82, 2.24) is 14.9 Å². The summed E-state index contributed by atoms with van der Waals surface area (Å²) in [4.78, 5) is 21.8. The molecule has 1 atom stereocenters. The Morgan fingerprint density at radius 2 is 2.21 bits per heavy atom. The molecule has 1 fully saturated rings. The number of benzene rings is 1.